The van der Waals surface area contributed by atoms with Gasteiger partial charge in [-0.3, -0.25) is 9.59 Å². The molecule has 3 heterocycles. The molecular formula is C39H42N4O5S. The molecule has 1 atom stereocenters. The summed E-state index contributed by atoms with van der Waals surface area (Å²) in [6, 6.07) is 21.9. The van der Waals surface area contributed by atoms with Crippen LogP contribution in [0.4, 0.5) is 5.69 Å². The third kappa shape index (κ3) is 6.87. The Morgan fingerprint density at radius 3 is 2.29 bits per heavy atom. The number of methoxy groups -OCH3 is 1. The lowest BCUT2D eigenvalue weighted by molar-refractivity contribution is -0.142. The summed E-state index contributed by atoms with van der Waals surface area (Å²) in [5.74, 6) is 0.938. The van der Waals surface area contributed by atoms with Crippen LogP contribution in [-0.2, 0) is 28.0 Å². The van der Waals surface area contributed by atoms with Gasteiger partial charge in [-0.2, -0.15) is 0 Å². The predicted molar refractivity (Wildman–Crippen MR) is 194 cm³/mol. The van der Waals surface area contributed by atoms with Gasteiger partial charge in [0.25, 0.3) is 0 Å². The van der Waals surface area contributed by atoms with Crippen molar-refractivity contribution in [3.63, 3.8) is 0 Å². The molecule has 3 aromatic carbocycles. The lowest BCUT2D eigenvalue weighted by atomic mass is 9.89. The van der Waals surface area contributed by atoms with E-state index in [0.29, 0.717) is 30.5 Å². The predicted octanol–water partition coefficient (Wildman–Crippen LogP) is 7.76. The summed E-state index contributed by atoms with van der Waals surface area (Å²) >= 11 is 1.66. The number of carboxylic acid groups (broad SMARTS) is 1. The normalized spacial score (nSPS) is 14.6. The largest absolute Gasteiger partial charge is 0.494 e. The number of hydrogen-bond acceptors (Lipinski definition) is 7. The molecule has 254 valence electrons. The summed E-state index contributed by atoms with van der Waals surface area (Å²) in [5.41, 5.74) is 4.41. The molecule has 0 bridgehead atoms. The monoisotopic (exact) mass is 678 g/mol. The molecule has 0 fully saturated rings. The minimum Gasteiger partial charge on any atom is -0.494 e. The molecule has 6 rings (SSSR count). The van der Waals surface area contributed by atoms with Gasteiger partial charge in [-0.1, -0.05) is 63.2 Å². The Bertz CT molecular complexity index is 2010. The van der Waals surface area contributed by atoms with E-state index in [1.807, 2.05) is 65.6 Å². The fraction of sp³-hybridized carbons (Fsp3) is 0.333. The minimum absolute atomic E-state index is 0.0138. The van der Waals surface area contributed by atoms with Crippen LogP contribution in [0.2, 0.25) is 0 Å². The first kappa shape index (κ1) is 34.0. The summed E-state index contributed by atoms with van der Waals surface area (Å²) < 4.78 is 13.5. The summed E-state index contributed by atoms with van der Waals surface area (Å²) in [6.45, 7) is 12.3. The van der Waals surface area contributed by atoms with Crippen molar-refractivity contribution >= 4 is 40.2 Å². The standard InChI is InChI=1S/C39H42N4O5S/c1-24(44)43-28(18-27-10-8-9-11-32(27)43)23-48-29-16-17-33-31(19-29)34(49-38(2,3)4)35(39(5,6)37(45)46)42(33)22-25-12-14-26(15-13-25)36-40-20-30(47-7)21-41-36/h8-17,19-21,28H,18,22-23H2,1-7H3,(H,45,46)/t28-/m0/s1. The van der Waals surface area contributed by atoms with Crippen molar-refractivity contribution in [3.8, 4) is 22.9 Å². The maximum Gasteiger partial charge on any atom is 0.315 e. The van der Waals surface area contributed by atoms with Crippen LogP contribution in [0.1, 0.15) is 58.4 Å². The van der Waals surface area contributed by atoms with Crippen molar-refractivity contribution in [3.05, 3.63) is 95.9 Å². The lowest BCUT2D eigenvalue weighted by Gasteiger charge is -2.26. The third-order valence-electron chi connectivity index (χ3n) is 8.79. The van der Waals surface area contributed by atoms with Gasteiger partial charge in [0.2, 0.25) is 5.91 Å². The number of hydrogen-bond donors (Lipinski definition) is 1. The van der Waals surface area contributed by atoms with Crippen molar-refractivity contribution in [1.82, 2.24) is 14.5 Å². The van der Waals surface area contributed by atoms with E-state index in [4.69, 9.17) is 9.47 Å². The van der Waals surface area contributed by atoms with Crippen LogP contribution < -0.4 is 14.4 Å². The fourth-order valence-electron chi connectivity index (χ4n) is 6.41. The number of thioether (sulfide) groups is 1. The topological polar surface area (TPSA) is 107 Å². The van der Waals surface area contributed by atoms with E-state index in [0.717, 1.165) is 50.3 Å². The van der Waals surface area contributed by atoms with Gasteiger partial charge in [0.1, 0.15) is 17.8 Å². The van der Waals surface area contributed by atoms with Gasteiger partial charge in [0.15, 0.2) is 11.6 Å². The molecule has 0 aliphatic carbocycles. The summed E-state index contributed by atoms with van der Waals surface area (Å²) in [6.07, 6.45) is 4.00. The Balaban J connectivity index is 1.38. The maximum atomic E-state index is 12.9. The number of aromatic nitrogens is 3. The van der Waals surface area contributed by atoms with Crippen LogP contribution in [0, 0.1) is 0 Å². The number of fused-ring (bicyclic) bond motifs is 2. The molecule has 1 amide bonds. The van der Waals surface area contributed by atoms with Crippen LogP contribution >= 0.6 is 11.8 Å². The van der Waals surface area contributed by atoms with Crippen molar-refractivity contribution in [2.75, 3.05) is 18.6 Å². The number of nitrogens with zero attached hydrogens (tertiary/aromatic N) is 4. The third-order valence-corrected chi connectivity index (χ3v) is 10.0. The highest BCUT2D eigenvalue weighted by atomic mass is 32.2. The fourth-order valence-corrected chi connectivity index (χ4v) is 7.76. The van der Waals surface area contributed by atoms with Crippen LogP contribution in [-0.4, -0.2) is 56.0 Å². The SMILES string of the molecule is COc1cnc(-c2ccc(Cn3c(C(C)(C)C(=O)O)c(SC(C)(C)C)c4cc(OC[C@@H]5Cc6ccccc6N5C(C)=O)ccc43)cc2)nc1. The molecule has 1 aliphatic heterocycles. The van der Waals surface area contributed by atoms with Gasteiger partial charge >= 0.3 is 5.97 Å². The Kier molecular flexibility index (Phi) is 9.19. The first-order valence-corrected chi connectivity index (χ1v) is 17.1. The van der Waals surface area contributed by atoms with Crippen molar-refractivity contribution in [1.29, 1.82) is 0 Å². The van der Waals surface area contributed by atoms with E-state index >= 15 is 0 Å². The Morgan fingerprint density at radius 2 is 1.65 bits per heavy atom. The summed E-state index contributed by atoms with van der Waals surface area (Å²) in [4.78, 5) is 37.1. The number of amides is 1. The second-order valence-corrected chi connectivity index (χ2v) is 15.8. The minimum atomic E-state index is -1.19. The molecule has 0 unspecified atom stereocenters. The zero-order valence-electron chi connectivity index (χ0n) is 29.0. The average molecular weight is 679 g/mol. The number of rotatable bonds is 10. The highest BCUT2D eigenvalue weighted by molar-refractivity contribution is 8.00. The average Bonchev–Trinajstić information content (AvgIpc) is 3.58. The number of carbonyl (C=O) groups is 2. The van der Waals surface area contributed by atoms with Crippen LogP contribution in [0.5, 0.6) is 11.5 Å². The highest BCUT2D eigenvalue weighted by Crippen LogP contribution is 2.46. The lowest BCUT2D eigenvalue weighted by Crippen LogP contribution is -2.40. The quantitative estimate of drug-likeness (QED) is 0.149. The zero-order chi connectivity index (χ0) is 35.1. The van der Waals surface area contributed by atoms with Gasteiger partial charge in [0, 0.05) is 51.0 Å². The molecule has 0 spiro atoms. The summed E-state index contributed by atoms with van der Waals surface area (Å²) in [7, 11) is 1.58. The van der Waals surface area contributed by atoms with Gasteiger partial charge in [-0.25, -0.2) is 9.97 Å². The van der Waals surface area contributed by atoms with Crippen molar-refractivity contribution < 1.29 is 24.2 Å². The molecule has 0 saturated heterocycles. The number of aliphatic carboxylic acids is 1. The molecule has 1 N–H and O–H groups in total. The maximum absolute atomic E-state index is 12.9. The number of anilines is 1. The molecule has 10 heteroatoms. The Hall–Kier alpha value is -4.83. The highest BCUT2D eigenvalue weighted by Gasteiger charge is 2.38. The second kappa shape index (κ2) is 13.2. The van der Waals surface area contributed by atoms with E-state index in [9.17, 15) is 14.7 Å². The molecule has 1 aliphatic rings. The van der Waals surface area contributed by atoms with Gasteiger partial charge in [-0.15, -0.1) is 11.8 Å². The number of ether oxygens (including phenoxy) is 2. The van der Waals surface area contributed by atoms with Crippen molar-refractivity contribution in [2.45, 2.75) is 75.6 Å². The van der Waals surface area contributed by atoms with E-state index in [-0.39, 0.29) is 16.7 Å². The number of carboxylic acids is 1. The number of para-hydroxylation sites is 1. The molecule has 9 nitrogen and oxygen atoms in total. The van der Waals surface area contributed by atoms with E-state index in [1.54, 1.807) is 52.0 Å². The van der Waals surface area contributed by atoms with Gasteiger partial charge < -0.3 is 24.0 Å². The molecule has 49 heavy (non-hydrogen) atoms. The summed E-state index contributed by atoms with van der Waals surface area (Å²) in [5, 5.41) is 11.5. The molecule has 5 aromatic rings. The van der Waals surface area contributed by atoms with E-state index in [1.165, 1.54) is 0 Å². The van der Waals surface area contributed by atoms with Gasteiger partial charge in [-0.05, 0) is 55.7 Å². The van der Waals surface area contributed by atoms with Gasteiger partial charge in [0.05, 0.1) is 25.5 Å². The number of carbonyl (C=O) groups excluding carboxylic acids is 1. The smallest absolute Gasteiger partial charge is 0.315 e. The van der Waals surface area contributed by atoms with E-state index in [2.05, 4.69) is 41.4 Å². The van der Waals surface area contributed by atoms with Crippen molar-refractivity contribution in [2.24, 2.45) is 0 Å². The van der Waals surface area contributed by atoms with Crippen LogP contribution in [0.25, 0.3) is 22.3 Å². The molecule has 2 aromatic heterocycles. The van der Waals surface area contributed by atoms with E-state index < -0.39 is 11.4 Å². The first-order valence-electron chi connectivity index (χ1n) is 16.3. The molecular weight excluding hydrogens is 637 g/mol. The number of benzene rings is 3. The van der Waals surface area contributed by atoms with Crippen LogP contribution in [0.3, 0.4) is 0 Å². The molecule has 0 radical (unpaired) electrons. The molecule has 0 saturated carbocycles. The zero-order valence-corrected chi connectivity index (χ0v) is 29.8. The first-order chi connectivity index (χ1) is 23.3. The Labute approximate surface area is 291 Å². The second-order valence-electron chi connectivity index (χ2n) is 13.9. The Morgan fingerprint density at radius 1 is 0.959 bits per heavy atom. The van der Waals surface area contributed by atoms with Crippen LogP contribution in [0.15, 0.2) is 84.0 Å².